The summed E-state index contributed by atoms with van der Waals surface area (Å²) in [5.41, 5.74) is 0. The van der Waals surface area contributed by atoms with Crippen molar-refractivity contribution in [3.05, 3.63) is 36.5 Å². The number of amides is 1. The number of hydrogen-bond acceptors (Lipinski definition) is 8. The second-order valence-corrected chi connectivity index (χ2v) is 20.4. The minimum atomic E-state index is -1.57. The molecule has 9 nitrogen and oxygen atoms in total. The summed E-state index contributed by atoms with van der Waals surface area (Å²) in [5.74, 6) is -0.181. The molecule has 0 aromatic carbocycles. The van der Waals surface area contributed by atoms with E-state index in [1.165, 1.54) is 199 Å². The number of unbranched alkanes of at least 4 members (excludes halogenated alkanes) is 36. The maximum absolute atomic E-state index is 13.1. The van der Waals surface area contributed by atoms with Crippen molar-refractivity contribution < 1.29 is 39.8 Å². The van der Waals surface area contributed by atoms with E-state index in [2.05, 4.69) is 43.5 Å². The standard InChI is InChI=1S/C59H111NO8/c1-3-5-7-9-11-13-15-17-19-21-23-25-27-29-31-33-35-37-39-41-43-45-47-49-55(63)60-52(51-67-59-58(66)57(65)56(64)54(50-61)68-59)53(62)48-46-44-42-40-38-36-34-32-30-28-26-24-22-20-18-16-14-12-10-8-6-4-2/h23,25,29,31,46,48,52-54,56-59,61-62,64-66H,3-22,24,26-28,30,32-45,47,49-51H2,1-2H3,(H,60,63)/b25-23-,31-29-,48-46+. The van der Waals surface area contributed by atoms with Crippen LogP contribution < -0.4 is 5.32 Å². The summed E-state index contributed by atoms with van der Waals surface area (Å²) in [6.07, 6.45) is 56.3. The highest BCUT2D eigenvalue weighted by Crippen LogP contribution is 2.23. The summed E-state index contributed by atoms with van der Waals surface area (Å²) in [4.78, 5) is 13.1. The number of ether oxygens (including phenoxy) is 2. The minimum absolute atomic E-state index is 0.181. The summed E-state index contributed by atoms with van der Waals surface area (Å²) in [6.45, 7) is 3.80. The summed E-state index contributed by atoms with van der Waals surface area (Å²) >= 11 is 0. The molecule has 1 amide bonds. The minimum Gasteiger partial charge on any atom is -0.394 e. The summed E-state index contributed by atoms with van der Waals surface area (Å²) in [7, 11) is 0. The third-order valence-corrected chi connectivity index (χ3v) is 14.0. The fourth-order valence-corrected chi connectivity index (χ4v) is 9.31. The smallest absolute Gasteiger partial charge is 0.220 e. The molecule has 1 saturated heterocycles. The van der Waals surface area contributed by atoms with Crippen LogP contribution in [0.5, 0.6) is 0 Å². The molecule has 68 heavy (non-hydrogen) atoms. The van der Waals surface area contributed by atoms with E-state index in [4.69, 9.17) is 9.47 Å². The average Bonchev–Trinajstić information content (AvgIpc) is 3.34. The zero-order valence-corrected chi connectivity index (χ0v) is 44.4. The number of aliphatic hydroxyl groups is 5. The van der Waals surface area contributed by atoms with Crippen molar-refractivity contribution in [2.24, 2.45) is 0 Å². The number of carbonyl (C=O) groups is 1. The van der Waals surface area contributed by atoms with Crippen LogP contribution in [0.3, 0.4) is 0 Å². The Kier molecular flexibility index (Phi) is 46.4. The lowest BCUT2D eigenvalue weighted by atomic mass is 9.99. The Morgan fingerprint density at radius 3 is 1.26 bits per heavy atom. The summed E-state index contributed by atoms with van der Waals surface area (Å²) < 4.78 is 11.3. The van der Waals surface area contributed by atoms with Gasteiger partial charge in [0.25, 0.3) is 0 Å². The maximum atomic E-state index is 13.1. The molecular weight excluding hydrogens is 851 g/mol. The molecular formula is C59H111NO8. The molecule has 0 aromatic heterocycles. The highest BCUT2D eigenvalue weighted by molar-refractivity contribution is 5.76. The van der Waals surface area contributed by atoms with E-state index in [1.807, 2.05) is 6.08 Å². The SMILES string of the molecule is CCCCCCCCCCC/C=C\C/C=C\CCCCCCCCCC(=O)NC(COC1OC(CO)C(O)C(O)C1O)C(O)/C=C/CCCCCCCCCCCCCCCCCCCCCC. The zero-order valence-electron chi connectivity index (χ0n) is 44.4. The van der Waals surface area contributed by atoms with E-state index >= 15 is 0 Å². The van der Waals surface area contributed by atoms with Crippen LogP contribution >= 0.6 is 0 Å². The molecule has 7 unspecified atom stereocenters. The molecule has 0 radical (unpaired) electrons. The van der Waals surface area contributed by atoms with Crippen LogP contribution in [0.1, 0.15) is 277 Å². The van der Waals surface area contributed by atoms with Gasteiger partial charge in [-0.3, -0.25) is 4.79 Å². The van der Waals surface area contributed by atoms with Crippen LogP contribution in [0, 0.1) is 0 Å². The molecule has 400 valence electrons. The van der Waals surface area contributed by atoms with Crippen molar-refractivity contribution in [1.29, 1.82) is 0 Å². The molecule has 1 rings (SSSR count). The van der Waals surface area contributed by atoms with Crippen molar-refractivity contribution >= 4 is 5.91 Å². The van der Waals surface area contributed by atoms with Crippen LogP contribution in [0.2, 0.25) is 0 Å². The van der Waals surface area contributed by atoms with Gasteiger partial charge in [-0.15, -0.1) is 0 Å². The van der Waals surface area contributed by atoms with Crippen LogP contribution in [-0.2, 0) is 14.3 Å². The van der Waals surface area contributed by atoms with E-state index in [9.17, 15) is 30.3 Å². The molecule has 7 atom stereocenters. The van der Waals surface area contributed by atoms with Gasteiger partial charge < -0.3 is 40.3 Å². The van der Waals surface area contributed by atoms with Crippen molar-refractivity contribution in [3.8, 4) is 0 Å². The van der Waals surface area contributed by atoms with Gasteiger partial charge in [-0.25, -0.2) is 0 Å². The molecule has 0 aliphatic carbocycles. The lowest BCUT2D eigenvalue weighted by Crippen LogP contribution is -2.60. The zero-order chi connectivity index (χ0) is 49.4. The Bertz CT molecular complexity index is 1160. The number of allylic oxidation sites excluding steroid dienone is 5. The summed E-state index contributed by atoms with van der Waals surface area (Å²) in [6, 6.07) is -0.810. The molecule has 6 N–H and O–H groups in total. The van der Waals surface area contributed by atoms with E-state index < -0.39 is 49.5 Å². The lowest BCUT2D eigenvalue weighted by molar-refractivity contribution is -0.302. The van der Waals surface area contributed by atoms with E-state index in [1.54, 1.807) is 6.08 Å². The first kappa shape index (κ1) is 64.4. The van der Waals surface area contributed by atoms with Gasteiger partial charge in [0.1, 0.15) is 24.4 Å². The maximum Gasteiger partial charge on any atom is 0.220 e. The van der Waals surface area contributed by atoms with E-state index in [0.717, 1.165) is 57.8 Å². The Balaban J connectivity index is 2.24. The summed E-state index contributed by atoms with van der Waals surface area (Å²) in [5, 5.41) is 54.5. The topological polar surface area (TPSA) is 149 Å². The first-order chi connectivity index (χ1) is 33.3. The second kappa shape index (κ2) is 49.0. The Morgan fingerprint density at radius 1 is 0.500 bits per heavy atom. The van der Waals surface area contributed by atoms with Gasteiger partial charge in [-0.05, 0) is 51.4 Å². The Morgan fingerprint density at radius 2 is 0.868 bits per heavy atom. The predicted molar refractivity (Wildman–Crippen MR) is 286 cm³/mol. The molecule has 0 bridgehead atoms. The number of nitrogens with one attached hydrogen (secondary N) is 1. The Hall–Kier alpha value is -1.59. The largest absolute Gasteiger partial charge is 0.394 e. The van der Waals surface area contributed by atoms with Crippen LogP contribution in [0.4, 0.5) is 0 Å². The van der Waals surface area contributed by atoms with Crippen molar-refractivity contribution in [2.75, 3.05) is 13.2 Å². The van der Waals surface area contributed by atoms with Crippen LogP contribution in [0.15, 0.2) is 36.5 Å². The van der Waals surface area contributed by atoms with Gasteiger partial charge in [-0.1, -0.05) is 256 Å². The van der Waals surface area contributed by atoms with Crippen molar-refractivity contribution in [3.63, 3.8) is 0 Å². The molecule has 1 heterocycles. The number of carbonyl (C=O) groups excluding carboxylic acids is 1. The molecule has 1 fully saturated rings. The third kappa shape index (κ3) is 38.1. The first-order valence-corrected chi connectivity index (χ1v) is 29.2. The molecule has 0 spiro atoms. The lowest BCUT2D eigenvalue weighted by Gasteiger charge is -2.40. The highest BCUT2D eigenvalue weighted by Gasteiger charge is 2.44. The molecule has 0 saturated carbocycles. The van der Waals surface area contributed by atoms with Gasteiger partial charge in [0.15, 0.2) is 6.29 Å². The number of hydrogen-bond donors (Lipinski definition) is 6. The van der Waals surface area contributed by atoms with Gasteiger partial charge in [0.2, 0.25) is 5.91 Å². The second-order valence-electron chi connectivity index (χ2n) is 20.4. The molecule has 0 aromatic rings. The van der Waals surface area contributed by atoms with Crippen molar-refractivity contribution in [1.82, 2.24) is 5.32 Å². The fraction of sp³-hybridized carbons (Fsp3) is 0.881. The Labute approximate surface area is 419 Å². The van der Waals surface area contributed by atoms with Gasteiger partial charge in [0, 0.05) is 6.42 Å². The average molecular weight is 963 g/mol. The fourth-order valence-electron chi connectivity index (χ4n) is 9.31. The van der Waals surface area contributed by atoms with E-state index in [0.29, 0.717) is 6.42 Å². The first-order valence-electron chi connectivity index (χ1n) is 29.2. The monoisotopic (exact) mass is 962 g/mol. The number of aliphatic hydroxyl groups excluding tert-OH is 5. The molecule has 1 aliphatic heterocycles. The van der Waals surface area contributed by atoms with Gasteiger partial charge in [0.05, 0.1) is 25.4 Å². The van der Waals surface area contributed by atoms with E-state index in [-0.39, 0.29) is 12.5 Å². The van der Waals surface area contributed by atoms with Crippen LogP contribution in [-0.4, -0.2) is 87.5 Å². The van der Waals surface area contributed by atoms with Crippen molar-refractivity contribution in [2.45, 2.75) is 320 Å². The highest BCUT2D eigenvalue weighted by atomic mass is 16.7. The molecule has 1 aliphatic rings. The third-order valence-electron chi connectivity index (χ3n) is 14.0. The normalized spacial score (nSPS) is 19.8. The molecule has 9 heteroatoms. The van der Waals surface area contributed by atoms with Gasteiger partial charge >= 0.3 is 0 Å². The predicted octanol–water partition coefficient (Wildman–Crippen LogP) is 14.4. The quantitative estimate of drug-likeness (QED) is 0.0261. The van der Waals surface area contributed by atoms with Gasteiger partial charge in [-0.2, -0.15) is 0 Å². The van der Waals surface area contributed by atoms with Crippen LogP contribution in [0.25, 0.3) is 0 Å². The number of rotatable bonds is 50.